The van der Waals surface area contributed by atoms with E-state index in [0.717, 1.165) is 0 Å². The van der Waals surface area contributed by atoms with Crippen LogP contribution < -0.4 is 0 Å². The number of hydrogen-bond acceptors (Lipinski definition) is 2. The molecule has 0 aliphatic carbocycles. The van der Waals surface area contributed by atoms with Crippen molar-refractivity contribution in [2.24, 2.45) is 0 Å². The van der Waals surface area contributed by atoms with Crippen LogP contribution in [0.25, 0.3) is 0 Å². The van der Waals surface area contributed by atoms with E-state index in [4.69, 9.17) is 0 Å². The maximum Gasteiger partial charge on any atom is 0.451 e. The van der Waals surface area contributed by atoms with E-state index in [0.29, 0.717) is 0 Å². The van der Waals surface area contributed by atoms with E-state index in [-0.39, 0.29) is 17.5 Å². The molecular weight excluding hydrogens is 183 g/mol. The van der Waals surface area contributed by atoms with Crippen LogP contribution >= 0.6 is 0 Å². The molecule has 0 aromatic carbocycles. The quantitative estimate of drug-likeness (QED) is 0.684. The molecule has 2 nitrogen and oxygen atoms in total. The number of aromatic nitrogens is 1. The summed E-state index contributed by atoms with van der Waals surface area (Å²) in [4.78, 5) is 3.69. The highest BCUT2D eigenvalue weighted by Gasteiger charge is 2.38. The van der Waals surface area contributed by atoms with Crippen molar-refractivity contribution in [3.05, 3.63) is 17.3 Å². The highest BCUT2D eigenvalue weighted by atomic mass is 19.4. The van der Waals surface area contributed by atoms with Gasteiger partial charge in [0, 0.05) is 5.92 Å². The Morgan fingerprint density at radius 3 is 2.08 bits per heavy atom. The molecule has 0 saturated carbocycles. The molecule has 1 heterocycles. The van der Waals surface area contributed by atoms with Gasteiger partial charge in [-0.3, -0.25) is 0 Å². The third-order valence-electron chi connectivity index (χ3n) is 1.56. The number of alkyl halides is 3. The molecule has 13 heavy (non-hydrogen) atoms. The van der Waals surface area contributed by atoms with Gasteiger partial charge in [0.2, 0.25) is 5.76 Å². The topological polar surface area (TPSA) is 26.0 Å². The van der Waals surface area contributed by atoms with Gasteiger partial charge < -0.3 is 4.42 Å². The van der Waals surface area contributed by atoms with E-state index in [9.17, 15) is 13.2 Å². The standard InChI is InChI=1S/C8H10F3NO/c1-4(2)7-12-5(3)6(13-7)8(9,10)11/h4H,1-3H3. The minimum Gasteiger partial charge on any atom is -0.436 e. The molecule has 0 aliphatic heterocycles. The largest absolute Gasteiger partial charge is 0.451 e. The molecular formula is C8H10F3NO. The predicted molar refractivity (Wildman–Crippen MR) is 40.3 cm³/mol. The van der Waals surface area contributed by atoms with Gasteiger partial charge in [0.1, 0.15) is 0 Å². The SMILES string of the molecule is Cc1nc(C(C)C)oc1C(F)(F)F. The van der Waals surface area contributed by atoms with Crippen molar-refractivity contribution in [2.75, 3.05) is 0 Å². The Labute approximate surface area is 73.8 Å². The molecule has 1 aromatic heterocycles. The zero-order valence-electron chi connectivity index (χ0n) is 7.57. The van der Waals surface area contributed by atoms with Gasteiger partial charge in [-0.25, -0.2) is 4.98 Å². The second-order valence-corrected chi connectivity index (χ2v) is 3.12. The zero-order valence-corrected chi connectivity index (χ0v) is 7.57. The second-order valence-electron chi connectivity index (χ2n) is 3.12. The van der Waals surface area contributed by atoms with Gasteiger partial charge in [0.25, 0.3) is 0 Å². The number of halogens is 3. The summed E-state index contributed by atoms with van der Waals surface area (Å²) in [5.41, 5.74) is -0.101. The zero-order chi connectivity index (χ0) is 10.2. The lowest BCUT2D eigenvalue weighted by molar-refractivity contribution is -0.154. The summed E-state index contributed by atoms with van der Waals surface area (Å²) in [6, 6.07) is 0. The van der Waals surface area contributed by atoms with Crippen molar-refractivity contribution < 1.29 is 17.6 Å². The second kappa shape index (κ2) is 3.05. The number of hydrogen-bond donors (Lipinski definition) is 0. The Balaban J connectivity index is 3.11. The summed E-state index contributed by atoms with van der Waals surface area (Å²) in [5, 5.41) is 0. The lowest BCUT2D eigenvalue weighted by Crippen LogP contribution is -2.04. The minimum atomic E-state index is -4.44. The van der Waals surface area contributed by atoms with Crippen LogP contribution in [0.2, 0.25) is 0 Å². The van der Waals surface area contributed by atoms with Gasteiger partial charge >= 0.3 is 6.18 Å². The average Bonchev–Trinajstić information content (AvgIpc) is 2.29. The molecule has 0 saturated heterocycles. The Hall–Kier alpha value is -1.00. The molecule has 0 unspecified atom stereocenters. The predicted octanol–water partition coefficient (Wildman–Crippen LogP) is 3.13. The van der Waals surface area contributed by atoms with E-state index in [1.54, 1.807) is 13.8 Å². The van der Waals surface area contributed by atoms with Crippen LogP contribution in [-0.2, 0) is 6.18 Å². The number of rotatable bonds is 1. The first-order valence-electron chi connectivity index (χ1n) is 3.87. The molecule has 1 aromatic rings. The van der Waals surface area contributed by atoms with Crippen LogP contribution in [0.1, 0.15) is 37.1 Å². The fourth-order valence-electron chi connectivity index (χ4n) is 0.927. The molecule has 0 radical (unpaired) electrons. The van der Waals surface area contributed by atoms with Crippen LogP contribution in [0, 0.1) is 6.92 Å². The van der Waals surface area contributed by atoms with Gasteiger partial charge in [0.15, 0.2) is 5.89 Å². The van der Waals surface area contributed by atoms with Gasteiger partial charge in [0.05, 0.1) is 5.69 Å². The number of aryl methyl sites for hydroxylation is 1. The molecule has 0 atom stereocenters. The monoisotopic (exact) mass is 193 g/mol. The Morgan fingerprint density at radius 2 is 1.85 bits per heavy atom. The summed E-state index contributed by atoms with van der Waals surface area (Å²) in [5.74, 6) is -0.990. The van der Waals surface area contributed by atoms with Gasteiger partial charge in [-0.2, -0.15) is 13.2 Å². The van der Waals surface area contributed by atoms with Crippen LogP contribution in [0.15, 0.2) is 4.42 Å². The molecule has 0 amide bonds. The van der Waals surface area contributed by atoms with Crippen LogP contribution in [-0.4, -0.2) is 4.98 Å². The summed E-state index contributed by atoms with van der Waals surface area (Å²) < 4.78 is 41.2. The van der Waals surface area contributed by atoms with Gasteiger partial charge in [-0.05, 0) is 6.92 Å². The van der Waals surface area contributed by atoms with E-state index in [1.807, 2.05) is 0 Å². The third-order valence-corrected chi connectivity index (χ3v) is 1.56. The Morgan fingerprint density at radius 1 is 1.31 bits per heavy atom. The van der Waals surface area contributed by atoms with Crippen molar-refractivity contribution in [3.63, 3.8) is 0 Å². The molecule has 1 rings (SSSR count). The molecule has 0 N–H and O–H groups in total. The Bertz CT molecular complexity index is 301. The van der Waals surface area contributed by atoms with Crippen LogP contribution in [0.5, 0.6) is 0 Å². The lowest BCUT2D eigenvalue weighted by atomic mass is 10.2. The molecule has 0 fully saturated rings. The molecule has 0 aliphatic rings. The maximum atomic E-state index is 12.2. The third kappa shape index (κ3) is 2.02. The smallest absolute Gasteiger partial charge is 0.436 e. The summed E-state index contributed by atoms with van der Waals surface area (Å²) >= 11 is 0. The summed E-state index contributed by atoms with van der Waals surface area (Å²) in [6.45, 7) is 4.75. The first-order chi connectivity index (χ1) is 5.82. The number of nitrogens with zero attached hydrogens (tertiary/aromatic N) is 1. The maximum absolute atomic E-state index is 12.2. The first-order valence-corrected chi connectivity index (χ1v) is 3.87. The van der Waals surface area contributed by atoms with E-state index in [1.165, 1.54) is 6.92 Å². The molecule has 0 spiro atoms. The van der Waals surface area contributed by atoms with E-state index in [2.05, 4.69) is 9.40 Å². The number of oxazole rings is 1. The van der Waals surface area contributed by atoms with Crippen molar-refractivity contribution in [3.8, 4) is 0 Å². The fourth-order valence-corrected chi connectivity index (χ4v) is 0.927. The van der Waals surface area contributed by atoms with Crippen molar-refractivity contribution >= 4 is 0 Å². The van der Waals surface area contributed by atoms with Crippen molar-refractivity contribution in [2.45, 2.75) is 32.9 Å². The molecule has 5 heteroatoms. The highest BCUT2D eigenvalue weighted by molar-refractivity contribution is 5.12. The minimum absolute atomic E-state index is 0.101. The average molecular weight is 193 g/mol. The van der Waals surface area contributed by atoms with Crippen molar-refractivity contribution in [1.29, 1.82) is 0 Å². The van der Waals surface area contributed by atoms with E-state index < -0.39 is 11.9 Å². The normalized spacial score (nSPS) is 12.5. The van der Waals surface area contributed by atoms with Crippen molar-refractivity contribution in [1.82, 2.24) is 4.98 Å². The molecule has 0 bridgehead atoms. The fraction of sp³-hybridized carbons (Fsp3) is 0.625. The lowest BCUT2D eigenvalue weighted by Gasteiger charge is -2.01. The highest BCUT2D eigenvalue weighted by Crippen LogP contribution is 2.33. The van der Waals surface area contributed by atoms with Crippen LogP contribution in [0.3, 0.4) is 0 Å². The Kier molecular flexibility index (Phi) is 2.36. The van der Waals surface area contributed by atoms with Gasteiger partial charge in [-0.15, -0.1) is 0 Å². The van der Waals surface area contributed by atoms with Crippen LogP contribution in [0.4, 0.5) is 13.2 Å². The summed E-state index contributed by atoms with van der Waals surface area (Å²) in [6.07, 6.45) is -4.44. The van der Waals surface area contributed by atoms with Gasteiger partial charge in [-0.1, -0.05) is 13.8 Å². The summed E-state index contributed by atoms with van der Waals surface area (Å²) in [7, 11) is 0. The first kappa shape index (κ1) is 10.1. The van der Waals surface area contributed by atoms with E-state index >= 15 is 0 Å². The molecule has 74 valence electrons.